The quantitative estimate of drug-likeness (QED) is 0.578. The predicted octanol–water partition coefficient (Wildman–Crippen LogP) is 1.80. The Morgan fingerprint density at radius 2 is 1.72 bits per heavy atom. The molecule has 0 spiro atoms. The Labute approximate surface area is 168 Å². The van der Waals surface area contributed by atoms with E-state index in [9.17, 15) is 24.4 Å². The molecule has 0 radical (unpaired) electrons. The molecule has 0 saturated heterocycles. The van der Waals surface area contributed by atoms with Crippen LogP contribution in [-0.4, -0.2) is 46.8 Å². The van der Waals surface area contributed by atoms with Gasteiger partial charge < -0.3 is 10.1 Å². The van der Waals surface area contributed by atoms with Crippen LogP contribution in [-0.2, 0) is 14.3 Å². The molecule has 3 rings (SSSR count). The van der Waals surface area contributed by atoms with Crippen LogP contribution < -0.4 is 5.32 Å². The number of nitriles is 1. The van der Waals surface area contributed by atoms with Crippen LogP contribution in [0.3, 0.4) is 0 Å². The summed E-state index contributed by atoms with van der Waals surface area (Å²) in [5.74, 6) is -2.93. The summed E-state index contributed by atoms with van der Waals surface area (Å²) in [6.45, 7) is 2.81. The number of nitrogens with one attached hydrogen (secondary N) is 1. The molecule has 1 fully saturated rings. The van der Waals surface area contributed by atoms with Crippen LogP contribution in [0.1, 0.15) is 60.2 Å². The van der Waals surface area contributed by atoms with Gasteiger partial charge in [0.2, 0.25) is 0 Å². The molecule has 8 nitrogen and oxygen atoms in total. The second-order valence-corrected chi connectivity index (χ2v) is 7.77. The van der Waals surface area contributed by atoms with E-state index in [4.69, 9.17) is 4.74 Å². The maximum Gasteiger partial charge on any atom is 0.330 e. The third-order valence-corrected chi connectivity index (χ3v) is 5.37. The second kappa shape index (κ2) is 8.03. The zero-order valence-electron chi connectivity index (χ0n) is 16.4. The molecule has 1 heterocycles. The summed E-state index contributed by atoms with van der Waals surface area (Å²) in [7, 11) is 0. The molecular formula is C21H23N3O5. The number of benzene rings is 1. The highest BCUT2D eigenvalue weighted by atomic mass is 16.5. The summed E-state index contributed by atoms with van der Waals surface area (Å²) in [5, 5.41) is 12.0. The van der Waals surface area contributed by atoms with Crippen molar-refractivity contribution in [3.63, 3.8) is 0 Å². The topological polar surface area (TPSA) is 117 Å². The third-order valence-electron chi connectivity index (χ3n) is 5.37. The van der Waals surface area contributed by atoms with E-state index in [0.29, 0.717) is 12.8 Å². The smallest absolute Gasteiger partial charge is 0.330 e. The predicted molar refractivity (Wildman–Crippen MR) is 101 cm³/mol. The summed E-state index contributed by atoms with van der Waals surface area (Å²) in [5.41, 5.74) is -0.430. The van der Waals surface area contributed by atoms with E-state index >= 15 is 0 Å². The molecular weight excluding hydrogens is 374 g/mol. The van der Waals surface area contributed by atoms with Crippen LogP contribution in [0.25, 0.3) is 0 Å². The molecule has 29 heavy (non-hydrogen) atoms. The molecule has 1 N–H and O–H groups in total. The molecule has 152 valence electrons. The fraction of sp³-hybridized carbons (Fsp3) is 0.476. The minimum Gasteiger partial charge on any atom is -0.454 e. The Morgan fingerprint density at radius 1 is 1.17 bits per heavy atom. The number of esters is 1. The molecule has 1 aliphatic heterocycles. The van der Waals surface area contributed by atoms with Crippen LogP contribution in [0, 0.1) is 17.2 Å². The Morgan fingerprint density at radius 3 is 2.21 bits per heavy atom. The van der Waals surface area contributed by atoms with Crippen molar-refractivity contribution in [1.29, 1.82) is 5.26 Å². The maximum atomic E-state index is 12.7. The number of carbonyl (C=O) groups excluding carboxylic acids is 4. The first-order valence-corrected chi connectivity index (χ1v) is 9.65. The molecule has 1 aromatic carbocycles. The van der Waals surface area contributed by atoms with Crippen LogP contribution in [0.5, 0.6) is 0 Å². The Balaban J connectivity index is 1.68. The maximum absolute atomic E-state index is 12.7. The lowest BCUT2D eigenvalue weighted by atomic mass is 10.00. The highest BCUT2D eigenvalue weighted by Crippen LogP contribution is 2.29. The van der Waals surface area contributed by atoms with Gasteiger partial charge in [-0.25, -0.2) is 4.79 Å². The van der Waals surface area contributed by atoms with E-state index in [-0.39, 0.29) is 11.1 Å². The summed E-state index contributed by atoms with van der Waals surface area (Å²) >= 11 is 0. The largest absolute Gasteiger partial charge is 0.454 e. The van der Waals surface area contributed by atoms with Crippen molar-refractivity contribution in [3.05, 3.63) is 35.4 Å². The molecule has 0 aromatic heterocycles. The van der Waals surface area contributed by atoms with Gasteiger partial charge in [-0.1, -0.05) is 26.0 Å². The average Bonchev–Trinajstić information content (AvgIpc) is 3.26. The van der Waals surface area contributed by atoms with Crippen molar-refractivity contribution >= 4 is 23.7 Å². The van der Waals surface area contributed by atoms with Crippen LogP contribution in [0.2, 0.25) is 0 Å². The fourth-order valence-electron chi connectivity index (χ4n) is 3.90. The third kappa shape index (κ3) is 3.86. The van der Waals surface area contributed by atoms with E-state index in [1.165, 1.54) is 12.1 Å². The van der Waals surface area contributed by atoms with Crippen molar-refractivity contribution in [2.45, 2.75) is 51.1 Å². The fourth-order valence-corrected chi connectivity index (χ4v) is 3.90. The van der Waals surface area contributed by atoms with Gasteiger partial charge in [0.05, 0.1) is 17.2 Å². The number of rotatable bonds is 6. The first-order chi connectivity index (χ1) is 13.8. The lowest BCUT2D eigenvalue weighted by Gasteiger charge is -2.27. The van der Waals surface area contributed by atoms with Crippen LogP contribution in [0.4, 0.5) is 0 Å². The summed E-state index contributed by atoms with van der Waals surface area (Å²) in [6.07, 6.45) is 2.82. The molecule has 0 bridgehead atoms. The molecule has 1 saturated carbocycles. The van der Waals surface area contributed by atoms with Gasteiger partial charge in [0.15, 0.2) is 6.61 Å². The highest BCUT2D eigenvalue weighted by molar-refractivity contribution is 6.22. The molecule has 8 heteroatoms. The van der Waals surface area contributed by atoms with Crippen molar-refractivity contribution in [1.82, 2.24) is 10.2 Å². The Bertz CT molecular complexity index is 861. The number of nitrogens with zero attached hydrogens (tertiary/aromatic N) is 2. The van der Waals surface area contributed by atoms with Gasteiger partial charge in [-0.2, -0.15) is 5.26 Å². The van der Waals surface area contributed by atoms with Crippen molar-refractivity contribution in [2.24, 2.45) is 5.92 Å². The molecule has 1 aromatic rings. The van der Waals surface area contributed by atoms with Gasteiger partial charge in [-0.3, -0.25) is 19.3 Å². The zero-order chi connectivity index (χ0) is 21.2. The Hall–Kier alpha value is -3.21. The summed E-state index contributed by atoms with van der Waals surface area (Å²) in [4.78, 5) is 51.2. The number of ether oxygens (including phenoxy) is 1. The highest BCUT2D eigenvalue weighted by Gasteiger charge is 2.45. The van der Waals surface area contributed by atoms with Gasteiger partial charge in [0, 0.05) is 0 Å². The number of hydrogen-bond donors (Lipinski definition) is 1. The number of carbonyl (C=O) groups is 4. The first-order valence-electron chi connectivity index (χ1n) is 9.65. The number of fused-ring (bicyclic) bond motifs is 1. The number of amides is 3. The van der Waals surface area contributed by atoms with Crippen molar-refractivity contribution < 1.29 is 23.9 Å². The molecule has 0 unspecified atom stereocenters. The molecule has 1 aliphatic carbocycles. The normalized spacial score (nSPS) is 18.3. The Kier molecular flexibility index (Phi) is 5.69. The standard InChI is InChI=1S/C21H23N3O5/c1-13(2)17(24-18(26)14-7-3-4-8-15(14)19(24)27)20(28)29-11-16(25)23-21(12-22)9-5-6-10-21/h3-4,7-8,13,17H,5-6,9-11H2,1-2H3,(H,23,25)/t17-/m1/s1. The number of hydrogen-bond acceptors (Lipinski definition) is 6. The summed E-state index contributed by atoms with van der Waals surface area (Å²) < 4.78 is 5.13. The van der Waals surface area contributed by atoms with Gasteiger partial charge >= 0.3 is 5.97 Å². The average molecular weight is 397 g/mol. The van der Waals surface area contributed by atoms with E-state index in [1.54, 1.807) is 26.0 Å². The van der Waals surface area contributed by atoms with E-state index in [2.05, 4.69) is 11.4 Å². The van der Waals surface area contributed by atoms with Gasteiger partial charge in [-0.15, -0.1) is 0 Å². The molecule has 3 amide bonds. The van der Waals surface area contributed by atoms with E-state index in [0.717, 1.165) is 17.7 Å². The lowest BCUT2D eigenvalue weighted by molar-refractivity contribution is -0.154. The van der Waals surface area contributed by atoms with Gasteiger partial charge in [0.1, 0.15) is 11.6 Å². The minimum atomic E-state index is -1.15. The molecule has 2 aliphatic rings. The monoisotopic (exact) mass is 397 g/mol. The van der Waals surface area contributed by atoms with E-state index < -0.39 is 47.8 Å². The lowest BCUT2D eigenvalue weighted by Crippen LogP contribution is -2.50. The van der Waals surface area contributed by atoms with Gasteiger partial charge in [-0.05, 0) is 43.7 Å². The second-order valence-electron chi connectivity index (χ2n) is 7.77. The van der Waals surface area contributed by atoms with Crippen molar-refractivity contribution in [3.8, 4) is 6.07 Å². The van der Waals surface area contributed by atoms with Crippen molar-refractivity contribution in [2.75, 3.05) is 6.61 Å². The first kappa shape index (κ1) is 20.5. The minimum absolute atomic E-state index is 0.242. The zero-order valence-corrected chi connectivity index (χ0v) is 16.4. The summed E-state index contributed by atoms with van der Waals surface area (Å²) in [6, 6.07) is 7.35. The van der Waals surface area contributed by atoms with Crippen LogP contribution >= 0.6 is 0 Å². The van der Waals surface area contributed by atoms with E-state index in [1.807, 2.05) is 0 Å². The molecule has 1 atom stereocenters. The van der Waals surface area contributed by atoms with Gasteiger partial charge in [0.25, 0.3) is 17.7 Å². The van der Waals surface area contributed by atoms with Crippen LogP contribution in [0.15, 0.2) is 24.3 Å². The SMILES string of the molecule is CC(C)[C@H](C(=O)OCC(=O)NC1(C#N)CCCC1)N1C(=O)c2ccccc2C1=O. The number of imide groups is 1.